The summed E-state index contributed by atoms with van der Waals surface area (Å²) in [5.41, 5.74) is 3.48. The molecule has 1 amide bonds. The van der Waals surface area contributed by atoms with Crippen LogP contribution in [0.4, 0.5) is 0 Å². The first-order valence-corrected chi connectivity index (χ1v) is 9.80. The van der Waals surface area contributed by atoms with Crippen LogP contribution in [0, 0.1) is 0 Å². The number of piperidine rings is 1. The highest BCUT2D eigenvalue weighted by molar-refractivity contribution is 5.94. The predicted molar refractivity (Wildman–Crippen MR) is 96.9 cm³/mol. The van der Waals surface area contributed by atoms with Crippen LogP contribution < -0.4 is 0 Å². The summed E-state index contributed by atoms with van der Waals surface area (Å²) in [5, 5.41) is 0. The molecule has 4 heteroatoms. The zero-order valence-electron chi connectivity index (χ0n) is 15.3. The highest BCUT2D eigenvalue weighted by Gasteiger charge is 2.45. The number of rotatable bonds is 2. The molecule has 0 bridgehead atoms. The van der Waals surface area contributed by atoms with Crippen LogP contribution in [0.25, 0.3) is 0 Å². The average molecular weight is 343 g/mol. The second kappa shape index (κ2) is 7.08. The van der Waals surface area contributed by atoms with Crippen molar-refractivity contribution in [3.63, 3.8) is 0 Å². The average Bonchev–Trinajstić information content (AvgIpc) is 2.68. The van der Waals surface area contributed by atoms with Crippen molar-refractivity contribution >= 4 is 5.91 Å². The zero-order chi connectivity index (χ0) is 17.3. The molecule has 0 radical (unpaired) electrons. The van der Waals surface area contributed by atoms with Gasteiger partial charge in [0.05, 0.1) is 11.7 Å². The normalized spacial score (nSPS) is 25.6. The van der Waals surface area contributed by atoms with Crippen LogP contribution in [0.5, 0.6) is 0 Å². The molecule has 0 saturated carbocycles. The van der Waals surface area contributed by atoms with E-state index >= 15 is 0 Å². The van der Waals surface area contributed by atoms with E-state index in [0.717, 1.165) is 63.8 Å². The first-order chi connectivity index (χ1) is 12.2. The van der Waals surface area contributed by atoms with Gasteiger partial charge in [-0.3, -0.25) is 4.79 Å². The number of benzene rings is 1. The van der Waals surface area contributed by atoms with E-state index < -0.39 is 0 Å². The van der Waals surface area contributed by atoms with Gasteiger partial charge in [0.25, 0.3) is 5.91 Å². The largest absolute Gasteiger partial charge is 0.378 e. The lowest BCUT2D eigenvalue weighted by Crippen LogP contribution is -2.56. The molecule has 2 fully saturated rings. The maximum atomic E-state index is 13.0. The van der Waals surface area contributed by atoms with Crippen LogP contribution in [-0.4, -0.2) is 49.3 Å². The molecule has 1 aromatic rings. The van der Waals surface area contributed by atoms with Gasteiger partial charge in [-0.15, -0.1) is 0 Å². The van der Waals surface area contributed by atoms with Crippen molar-refractivity contribution in [1.82, 2.24) is 4.90 Å². The van der Waals surface area contributed by atoms with Gasteiger partial charge in [-0.05, 0) is 74.6 Å². The predicted octanol–water partition coefficient (Wildman–Crippen LogP) is 3.37. The van der Waals surface area contributed by atoms with Gasteiger partial charge in [-0.1, -0.05) is 6.07 Å². The van der Waals surface area contributed by atoms with Crippen LogP contribution in [0.15, 0.2) is 18.2 Å². The fourth-order valence-electron chi connectivity index (χ4n) is 4.84. The minimum absolute atomic E-state index is 0.169. The third kappa shape index (κ3) is 3.22. The second-order valence-electron chi connectivity index (χ2n) is 7.76. The second-order valence-corrected chi connectivity index (χ2v) is 7.76. The highest BCUT2D eigenvalue weighted by atomic mass is 16.5. The molecule has 0 N–H and O–H groups in total. The molecule has 2 aliphatic heterocycles. The maximum Gasteiger partial charge on any atom is 0.253 e. The minimum Gasteiger partial charge on any atom is -0.378 e. The molecule has 0 aromatic heterocycles. The van der Waals surface area contributed by atoms with Gasteiger partial charge in [0.1, 0.15) is 0 Å². The summed E-state index contributed by atoms with van der Waals surface area (Å²) in [6.45, 7) is 2.34. The molecule has 3 aliphatic rings. The van der Waals surface area contributed by atoms with Crippen molar-refractivity contribution < 1.29 is 14.3 Å². The summed E-state index contributed by atoms with van der Waals surface area (Å²) in [6, 6.07) is 6.32. The summed E-state index contributed by atoms with van der Waals surface area (Å²) in [6.07, 6.45) is 8.84. The number of nitrogens with zero attached hydrogens (tertiary/aromatic N) is 1. The van der Waals surface area contributed by atoms with Crippen molar-refractivity contribution in [2.75, 3.05) is 26.8 Å². The Kier molecular flexibility index (Phi) is 4.83. The number of methoxy groups -OCH3 is 1. The highest BCUT2D eigenvalue weighted by Crippen LogP contribution is 2.37. The van der Waals surface area contributed by atoms with E-state index in [9.17, 15) is 4.79 Å². The minimum atomic E-state index is -0.181. The Hall–Kier alpha value is -1.39. The van der Waals surface area contributed by atoms with Gasteiger partial charge in [0.2, 0.25) is 0 Å². The lowest BCUT2D eigenvalue weighted by atomic mass is 9.81. The van der Waals surface area contributed by atoms with Crippen LogP contribution in [0.1, 0.15) is 60.0 Å². The Morgan fingerprint density at radius 3 is 2.68 bits per heavy atom. The molecule has 2 heterocycles. The fraction of sp³-hybridized carbons (Fsp3) is 0.667. The SMILES string of the molecule is COC1CCCOC12CCN(C(=O)c1ccc3c(c1)CCCC3)CC2. The van der Waals surface area contributed by atoms with Crippen molar-refractivity contribution in [2.24, 2.45) is 0 Å². The number of carbonyl (C=O) groups excluding carboxylic acids is 1. The van der Waals surface area contributed by atoms with Gasteiger partial charge in [-0.25, -0.2) is 0 Å². The van der Waals surface area contributed by atoms with Crippen LogP contribution in [-0.2, 0) is 22.3 Å². The van der Waals surface area contributed by atoms with Gasteiger partial charge in [-0.2, -0.15) is 0 Å². The van der Waals surface area contributed by atoms with E-state index in [1.165, 1.54) is 24.0 Å². The third-order valence-corrected chi connectivity index (χ3v) is 6.36. The first kappa shape index (κ1) is 17.0. The van der Waals surface area contributed by atoms with E-state index in [-0.39, 0.29) is 17.6 Å². The Bertz CT molecular complexity index is 634. The van der Waals surface area contributed by atoms with Gasteiger partial charge in [0, 0.05) is 32.4 Å². The number of aryl methyl sites for hydroxylation is 2. The number of fused-ring (bicyclic) bond motifs is 1. The molecular weight excluding hydrogens is 314 g/mol. The number of carbonyl (C=O) groups is 1. The lowest BCUT2D eigenvalue weighted by molar-refractivity contribution is -0.183. The third-order valence-electron chi connectivity index (χ3n) is 6.36. The first-order valence-electron chi connectivity index (χ1n) is 9.80. The van der Waals surface area contributed by atoms with Crippen LogP contribution >= 0.6 is 0 Å². The van der Waals surface area contributed by atoms with E-state index in [2.05, 4.69) is 12.1 Å². The summed E-state index contributed by atoms with van der Waals surface area (Å²) in [7, 11) is 1.78. The standard InChI is InChI=1S/C21H29NO3/c1-24-19-7-4-14-25-21(19)10-12-22(13-11-21)20(23)18-9-8-16-5-2-3-6-17(16)15-18/h8-9,15,19H,2-7,10-14H2,1H3. The molecule has 1 atom stereocenters. The molecule has 2 saturated heterocycles. The van der Waals surface area contributed by atoms with Crippen molar-refractivity contribution in [3.8, 4) is 0 Å². The summed E-state index contributed by atoms with van der Waals surface area (Å²) >= 11 is 0. The number of hydrogen-bond acceptors (Lipinski definition) is 3. The maximum absolute atomic E-state index is 13.0. The summed E-state index contributed by atoms with van der Waals surface area (Å²) in [4.78, 5) is 15.0. The van der Waals surface area contributed by atoms with Crippen molar-refractivity contribution in [2.45, 2.75) is 63.1 Å². The monoisotopic (exact) mass is 343 g/mol. The quantitative estimate of drug-likeness (QED) is 0.826. The van der Waals surface area contributed by atoms with Crippen LogP contribution in [0.2, 0.25) is 0 Å². The Morgan fingerprint density at radius 1 is 1.16 bits per heavy atom. The molecule has 1 spiro atoms. The smallest absolute Gasteiger partial charge is 0.253 e. The molecule has 1 unspecified atom stereocenters. The van der Waals surface area contributed by atoms with Crippen LogP contribution in [0.3, 0.4) is 0 Å². The molecule has 25 heavy (non-hydrogen) atoms. The molecule has 4 nitrogen and oxygen atoms in total. The van der Waals surface area contributed by atoms with Gasteiger partial charge in [0.15, 0.2) is 0 Å². The molecule has 1 aromatic carbocycles. The Balaban J connectivity index is 1.44. The van der Waals surface area contributed by atoms with E-state index in [4.69, 9.17) is 9.47 Å². The van der Waals surface area contributed by atoms with E-state index in [0.29, 0.717) is 0 Å². The fourth-order valence-corrected chi connectivity index (χ4v) is 4.84. The van der Waals surface area contributed by atoms with E-state index in [1.807, 2.05) is 11.0 Å². The molecule has 136 valence electrons. The number of ether oxygens (including phenoxy) is 2. The van der Waals surface area contributed by atoms with Crippen molar-refractivity contribution in [1.29, 1.82) is 0 Å². The number of amides is 1. The number of hydrogen-bond donors (Lipinski definition) is 0. The number of likely N-dealkylation sites (tertiary alicyclic amines) is 1. The Morgan fingerprint density at radius 2 is 1.92 bits per heavy atom. The van der Waals surface area contributed by atoms with Gasteiger partial charge >= 0.3 is 0 Å². The lowest BCUT2D eigenvalue weighted by Gasteiger charge is -2.48. The summed E-state index contributed by atoms with van der Waals surface area (Å²) < 4.78 is 11.9. The Labute approximate surface area is 150 Å². The topological polar surface area (TPSA) is 38.8 Å². The zero-order valence-corrected chi connectivity index (χ0v) is 15.3. The molecule has 1 aliphatic carbocycles. The van der Waals surface area contributed by atoms with Gasteiger partial charge < -0.3 is 14.4 Å². The summed E-state index contributed by atoms with van der Waals surface area (Å²) in [5.74, 6) is 0.174. The molecular formula is C21H29NO3. The van der Waals surface area contributed by atoms with Crippen molar-refractivity contribution in [3.05, 3.63) is 34.9 Å². The van der Waals surface area contributed by atoms with E-state index in [1.54, 1.807) is 7.11 Å². The molecule has 4 rings (SSSR count).